The van der Waals surface area contributed by atoms with Gasteiger partial charge in [-0.2, -0.15) is 0 Å². The van der Waals surface area contributed by atoms with Gasteiger partial charge in [-0.15, -0.1) is 0 Å². The first-order chi connectivity index (χ1) is 24.1. The zero-order chi connectivity index (χ0) is 37.8. The second-order valence-electron chi connectivity index (χ2n) is 14.0. The van der Waals surface area contributed by atoms with Gasteiger partial charge in [-0.3, -0.25) is 33.6 Å². The molecule has 0 saturated carbocycles. The molecule has 11 N–H and O–H groups in total. The van der Waals surface area contributed by atoms with Crippen molar-refractivity contribution >= 4 is 52.3 Å². The molecule has 16 heteroatoms. The minimum Gasteiger partial charge on any atom is -0.370 e. The Balaban J connectivity index is 2.10. The number of amides is 7. The summed E-state index contributed by atoms with van der Waals surface area (Å²) >= 11 is 0. The van der Waals surface area contributed by atoms with Crippen molar-refractivity contribution in [3.63, 3.8) is 0 Å². The van der Waals surface area contributed by atoms with E-state index in [1.165, 1.54) is 6.92 Å². The molecule has 2 heterocycles. The van der Waals surface area contributed by atoms with E-state index < -0.39 is 84.0 Å². The number of aromatic amines is 1. The Morgan fingerprint density at radius 1 is 0.686 bits per heavy atom. The van der Waals surface area contributed by atoms with E-state index in [-0.39, 0.29) is 44.1 Å². The van der Waals surface area contributed by atoms with Crippen LogP contribution >= 0.6 is 0 Å². The summed E-state index contributed by atoms with van der Waals surface area (Å²) in [6.45, 7) is 9.05. The molecule has 1 aromatic heterocycles. The quantitative estimate of drug-likeness (QED) is 0.144. The number of hydrogen-bond acceptors (Lipinski definition) is 8. The first-order valence-corrected chi connectivity index (χ1v) is 17.4. The molecule has 1 fully saturated rings. The summed E-state index contributed by atoms with van der Waals surface area (Å²) in [6, 6.07) is 0.153. The maximum Gasteiger partial charge on any atom is 0.243 e. The van der Waals surface area contributed by atoms with Crippen LogP contribution in [0.1, 0.15) is 72.3 Å². The Kier molecular flexibility index (Phi) is 14.9. The van der Waals surface area contributed by atoms with Crippen LogP contribution in [0.5, 0.6) is 0 Å². The summed E-state index contributed by atoms with van der Waals surface area (Å²) in [4.78, 5) is 97.1. The van der Waals surface area contributed by atoms with Crippen molar-refractivity contribution in [2.75, 3.05) is 6.54 Å². The van der Waals surface area contributed by atoms with Gasteiger partial charge in [-0.05, 0) is 62.6 Å². The van der Waals surface area contributed by atoms with E-state index in [9.17, 15) is 33.6 Å². The molecule has 16 nitrogen and oxygen atoms in total. The molecule has 0 spiro atoms. The van der Waals surface area contributed by atoms with Crippen LogP contribution in [0.15, 0.2) is 30.5 Å². The van der Waals surface area contributed by atoms with E-state index in [4.69, 9.17) is 11.5 Å². The molecular weight excluding hydrogens is 658 g/mol. The van der Waals surface area contributed by atoms with Crippen LogP contribution in [0.2, 0.25) is 0 Å². The van der Waals surface area contributed by atoms with Crippen LogP contribution in [0.25, 0.3) is 10.9 Å². The molecule has 1 aliphatic rings. The third kappa shape index (κ3) is 12.1. The smallest absolute Gasteiger partial charge is 0.243 e. The van der Waals surface area contributed by atoms with Crippen molar-refractivity contribution < 1.29 is 33.6 Å². The topological polar surface area (TPSA) is 260 Å². The second kappa shape index (κ2) is 18.8. The molecule has 0 aliphatic carbocycles. The Bertz CT molecular complexity index is 1570. The van der Waals surface area contributed by atoms with Crippen molar-refractivity contribution in [1.29, 1.82) is 0 Å². The minimum atomic E-state index is -1.49. The van der Waals surface area contributed by atoms with Crippen LogP contribution in [0, 0.1) is 11.8 Å². The summed E-state index contributed by atoms with van der Waals surface area (Å²) in [5.41, 5.74) is 12.7. The summed E-state index contributed by atoms with van der Waals surface area (Å²) < 4.78 is 0. The number of nitrogens with two attached hydrogens (primary N) is 2. The number of nitrogens with one attached hydrogen (secondary N) is 7. The maximum atomic E-state index is 14.1. The monoisotopic (exact) mass is 711 g/mol. The highest BCUT2D eigenvalue weighted by Gasteiger charge is 2.35. The van der Waals surface area contributed by atoms with Gasteiger partial charge in [0.15, 0.2) is 0 Å². The highest BCUT2D eigenvalue weighted by molar-refractivity contribution is 5.99. The van der Waals surface area contributed by atoms with Crippen LogP contribution in [0.3, 0.4) is 0 Å². The van der Waals surface area contributed by atoms with Crippen LogP contribution in [0.4, 0.5) is 0 Å². The second-order valence-corrected chi connectivity index (χ2v) is 14.0. The van der Waals surface area contributed by atoms with E-state index in [1.54, 1.807) is 6.20 Å². The molecular formula is C35H53N9O7. The zero-order valence-electron chi connectivity index (χ0n) is 30.0. The number of hydrogen-bond donors (Lipinski definition) is 9. The summed E-state index contributed by atoms with van der Waals surface area (Å²) in [6.07, 6.45) is 1.95. The number of benzene rings is 1. The highest BCUT2D eigenvalue weighted by atomic mass is 16.2. The van der Waals surface area contributed by atoms with Gasteiger partial charge >= 0.3 is 0 Å². The Labute approximate surface area is 297 Å². The van der Waals surface area contributed by atoms with Crippen molar-refractivity contribution in [2.45, 2.75) is 109 Å². The van der Waals surface area contributed by atoms with Gasteiger partial charge < -0.3 is 48.4 Å². The van der Waals surface area contributed by atoms with Gasteiger partial charge in [-0.25, -0.2) is 0 Å². The molecule has 0 radical (unpaired) electrons. The fraction of sp³-hybridized carbons (Fsp3) is 0.571. The molecule has 0 unspecified atom stereocenters. The van der Waals surface area contributed by atoms with Crippen molar-refractivity contribution in [1.82, 2.24) is 36.9 Å². The first-order valence-electron chi connectivity index (χ1n) is 17.4. The Morgan fingerprint density at radius 2 is 1.18 bits per heavy atom. The van der Waals surface area contributed by atoms with E-state index in [0.29, 0.717) is 12.0 Å². The van der Waals surface area contributed by atoms with E-state index in [2.05, 4.69) is 36.9 Å². The van der Waals surface area contributed by atoms with Crippen molar-refractivity contribution in [3.05, 3.63) is 36.0 Å². The average Bonchev–Trinajstić information content (AvgIpc) is 3.46. The minimum absolute atomic E-state index is 0.0196. The predicted octanol–water partition coefficient (Wildman–Crippen LogP) is -0.641. The van der Waals surface area contributed by atoms with Crippen LogP contribution in [-0.2, 0) is 40.0 Å². The standard InChI is InChI=1S/C35H53N9O7/c1-18(2)13-25-32(48)39-20(5)30(46)41-28(16-29(37)45)35(51)40-24(11-8-12-36)31(47)44-27(15-21-17-38-23-10-7-6-9-22(21)23)34(50)43-26(14-19(3)4)33(49)42-25/h6-7,9-10,17-20,24-28,38H,8,11-16,36H2,1-5H3,(H2,37,45)(H,39,48)(H,40,51)(H,41,46)(H,42,49)(H,43,50)(H,44,47)/t20-,24+,25+,26-,27-,28-/m0/s1. The molecule has 0 bridgehead atoms. The lowest BCUT2D eigenvalue weighted by atomic mass is 9.98. The molecule has 1 aromatic carbocycles. The fourth-order valence-corrected chi connectivity index (χ4v) is 5.90. The van der Waals surface area contributed by atoms with Gasteiger partial charge in [0.2, 0.25) is 41.4 Å². The number of primary amides is 1. The molecule has 3 rings (SSSR count). The van der Waals surface area contributed by atoms with E-state index in [1.807, 2.05) is 52.0 Å². The van der Waals surface area contributed by atoms with Crippen molar-refractivity contribution in [3.8, 4) is 0 Å². The van der Waals surface area contributed by atoms with Gasteiger partial charge in [0, 0.05) is 23.5 Å². The number of aromatic nitrogens is 1. The lowest BCUT2D eigenvalue weighted by Crippen LogP contribution is -2.61. The summed E-state index contributed by atoms with van der Waals surface area (Å²) in [5, 5.41) is 16.7. The number of H-pyrrole nitrogens is 1. The molecule has 1 saturated heterocycles. The zero-order valence-corrected chi connectivity index (χ0v) is 30.0. The van der Waals surface area contributed by atoms with E-state index >= 15 is 0 Å². The number of carbonyl (C=O) groups is 7. The number of para-hydroxylation sites is 1. The van der Waals surface area contributed by atoms with Crippen molar-refractivity contribution in [2.24, 2.45) is 23.3 Å². The number of fused-ring (bicyclic) bond motifs is 1. The molecule has 6 atom stereocenters. The lowest BCUT2D eigenvalue weighted by molar-refractivity contribution is -0.137. The Hall–Kier alpha value is -4.99. The predicted molar refractivity (Wildman–Crippen MR) is 190 cm³/mol. The normalized spacial score (nSPS) is 24.5. The third-order valence-electron chi connectivity index (χ3n) is 8.53. The van der Waals surface area contributed by atoms with E-state index in [0.717, 1.165) is 10.9 Å². The lowest BCUT2D eigenvalue weighted by Gasteiger charge is -2.29. The molecule has 51 heavy (non-hydrogen) atoms. The Morgan fingerprint density at radius 3 is 1.76 bits per heavy atom. The molecule has 280 valence electrons. The molecule has 7 amide bonds. The number of rotatable bonds is 11. The average molecular weight is 712 g/mol. The van der Waals surface area contributed by atoms with Gasteiger partial charge in [-0.1, -0.05) is 45.9 Å². The van der Waals surface area contributed by atoms with Gasteiger partial charge in [0.1, 0.15) is 36.3 Å². The van der Waals surface area contributed by atoms with Crippen LogP contribution < -0.4 is 43.4 Å². The third-order valence-corrected chi connectivity index (χ3v) is 8.53. The highest BCUT2D eigenvalue weighted by Crippen LogP contribution is 2.20. The summed E-state index contributed by atoms with van der Waals surface area (Å²) in [5.74, 6) is -5.31. The van der Waals surface area contributed by atoms with Gasteiger partial charge in [0.05, 0.1) is 6.42 Å². The summed E-state index contributed by atoms with van der Waals surface area (Å²) in [7, 11) is 0. The molecule has 1 aliphatic heterocycles. The maximum absolute atomic E-state index is 14.1. The largest absolute Gasteiger partial charge is 0.370 e. The molecule has 2 aromatic rings. The van der Waals surface area contributed by atoms with Gasteiger partial charge in [0.25, 0.3) is 0 Å². The number of carbonyl (C=O) groups excluding carboxylic acids is 7. The van der Waals surface area contributed by atoms with Crippen LogP contribution in [-0.4, -0.2) is 89.1 Å². The SMILES string of the molecule is CC(C)C[C@@H]1NC(=O)[C@H](Cc2c[nH]c3ccccc23)NC(=O)[C@@H](CCCN)NC(=O)[C@H](CC(N)=O)NC(=O)[C@H](C)NC(=O)[C@@H](CC(C)C)NC1=O. The fourth-order valence-electron chi connectivity index (χ4n) is 5.90. The first kappa shape index (κ1) is 40.4.